The van der Waals surface area contributed by atoms with Crippen molar-refractivity contribution in [1.29, 1.82) is 0 Å². The Kier molecular flexibility index (Phi) is 5.93. The van der Waals surface area contributed by atoms with Crippen molar-refractivity contribution in [3.63, 3.8) is 0 Å². The first-order chi connectivity index (χ1) is 14.9. The summed E-state index contributed by atoms with van der Waals surface area (Å²) < 4.78 is 20.2. The Hall–Kier alpha value is -2.97. The number of carbonyl (C=O) groups excluding carboxylic acids is 1. The van der Waals surface area contributed by atoms with E-state index in [1.54, 1.807) is 38.4 Å². The van der Waals surface area contributed by atoms with Gasteiger partial charge >= 0.3 is 0 Å². The van der Waals surface area contributed by atoms with Crippen molar-refractivity contribution in [1.82, 2.24) is 9.55 Å². The van der Waals surface area contributed by atoms with Crippen LogP contribution in [0.3, 0.4) is 0 Å². The number of halogens is 1. The minimum atomic E-state index is -0.322. The third-order valence-corrected chi connectivity index (χ3v) is 6.92. The molecule has 158 valence electrons. The highest BCUT2D eigenvalue weighted by Crippen LogP contribution is 2.33. The molecule has 0 amide bonds. The van der Waals surface area contributed by atoms with E-state index in [9.17, 15) is 14.0 Å². The highest BCUT2D eigenvalue weighted by Gasteiger charge is 2.17. The van der Waals surface area contributed by atoms with E-state index in [1.165, 1.54) is 46.7 Å². The molecule has 4 rings (SSSR count). The maximum Gasteiger partial charge on any atom is 0.263 e. The Morgan fingerprint density at radius 2 is 1.97 bits per heavy atom. The van der Waals surface area contributed by atoms with Gasteiger partial charge in [0, 0.05) is 34.9 Å². The Morgan fingerprint density at radius 1 is 1.23 bits per heavy atom. The van der Waals surface area contributed by atoms with Crippen LogP contribution in [0.25, 0.3) is 21.3 Å². The van der Waals surface area contributed by atoms with Crippen molar-refractivity contribution in [2.24, 2.45) is 7.05 Å². The second kappa shape index (κ2) is 8.64. The number of rotatable bonds is 6. The molecule has 4 aromatic rings. The molecule has 31 heavy (non-hydrogen) atoms. The number of hydrogen-bond acceptors (Lipinski definition) is 6. The first-order valence-electron chi connectivity index (χ1n) is 9.44. The zero-order chi connectivity index (χ0) is 22.1. The number of fused-ring (bicyclic) bond motifs is 1. The molecule has 0 aliphatic rings. The molecule has 5 nitrogen and oxygen atoms in total. The number of thiophene rings is 1. The fourth-order valence-corrected chi connectivity index (χ4v) is 5.21. The summed E-state index contributed by atoms with van der Waals surface area (Å²) in [6, 6.07) is 11.4. The van der Waals surface area contributed by atoms with Crippen LogP contribution in [0.15, 0.2) is 57.8 Å². The van der Waals surface area contributed by atoms with Gasteiger partial charge in [-0.05, 0) is 42.8 Å². The molecule has 2 aromatic heterocycles. The van der Waals surface area contributed by atoms with Gasteiger partial charge in [0.2, 0.25) is 0 Å². The maximum atomic E-state index is 13.3. The van der Waals surface area contributed by atoms with Crippen LogP contribution in [0.4, 0.5) is 4.39 Å². The average molecular weight is 455 g/mol. The quantitative estimate of drug-likeness (QED) is 0.225. The van der Waals surface area contributed by atoms with Crippen LogP contribution in [0.5, 0.6) is 5.75 Å². The van der Waals surface area contributed by atoms with Gasteiger partial charge in [0.05, 0.1) is 12.5 Å². The Balaban J connectivity index is 1.70. The third-order valence-electron chi connectivity index (χ3n) is 4.97. The second-order valence-electron chi connectivity index (χ2n) is 6.97. The summed E-state index contributed by atoms with van der Waals surface area (Å²) in [5, 5.41) is 2.97. The van der Waals surface area contributed by atoms with Crippen LogP contribution < -0.4 is 10.3 Å². The van der Waals surface area contributed by atoms with Crippen LogP contribution in [-0.4, -0.2) is 22.4 Å². The molecular weight excluding hydrogens is 435 g/mol. The zero-order valence-electron chi connectivity index (χ0n) is 17.1. The van der Waals surface area contributed by atoms with Gasteiger partial charge < -0.3 is 4.74 Å². The summed E-state index contributed by atoms with van der Waals surface area (Å²) in [6.45, 7) is 1.52. The summed E-state index contributed by atoms with van der Waals surface area (Å²) in [7, 11) is 3.27. The summed E-state index contributed by atoms with van der Waals surface area (Å²) in [5.41, 5.74) is 2.83. The zero-order valence-corrected chi connectivity index (χ0v) is 18.8. The van der Waals surface area contributed by atoms with E-state index >= 15 is 0 Å². The number of nitrogens with zero attached hydrogens (tertiary/aromatic N) is 2. The van der Waals surface area contributed by atoms with Crippen molar-refractivity contribution in [3.8, 4) is 16.9 Å². The molecule has 0 aliphatic carbocycles. The van der Waals surface area contributed by atoms with Gasteiger partial charge in [0.1, 0.15) is 16.4 Å². The molecule has 0 fully saturated rings. The monoisotopic (exact) mass is 454 g/mol. The summed E-state index contributed by atoms with van der Waals surface area (Å²) in [5.74, 6) is 0.829. The SMILES string of the molecule is COc1ccc(C(C)=O)cc1CSc1nc2scc(-c3ccc(F)cc3)c2c(=O)n1C. The fraction of sp³-hybridized carbons (Fsp3) is 0.174. The first kappa shape index (κ1) is 21.3. The van der Waals surface area contributed by atoms with E-state index in [0.717, 1.165) is 16.7 Å². The van der Waals surface area contributed by atoms with Gasteiger partial charge in [-0.1, -0.05) is 23.9 Å². The number of Topliss-reactive ketones (excluding diaryl/α,β-unsaturated/α-hetero) is 1. The van der Waals surface area contributed by atoms with Crippen LogP contribution in [0.2, 0.25) is 0 Å². The van der Waals surface area contributed by atoms with E-state index in [1.807, 2.05) is 11.4 Å². The smallest absolute Gasteiger partial charge is 0.263 e. The Bertz CT molecular complexity index is 1340. The van der Waals surface area contributed by atoms with E-state index in [2.05, 4.69) is 0 Å². The number of benzene rings is 2. The number of carbonyl (C=O) groups is 1. The lowest BCUT2D eigenvalue weighted by Gasteiger charge is -2.11. The predicted octanol–water partition coefficient (Wildman–Crippen LogP) is 5.30. The minimum absolute atomic E-state index is 0.0206. The van der Waals surface area contributed by atoms with E-state index in [0.29, 0.717) is 32.4 Å². The molecule has 0 saturated carbocycles. The van der Waals surface area contributed by atoms with Gasteiger partial charge in [0.25, 0.3) is 5.56 Å². The number of ketones is 1. The minimum Gasteiger partial charge on any atom is -0.496 e. The lowest BCUT2D eigenvalue weighted by atomic mass is 10.1. The predicted molar refractivity (Wildman–Crippen MR) is 123 cm³/mol. The number of aromatic nitrogens is 2. The highest BCUT2D eigenvalue weighted by molar-refractivity contribution is 7.98. The van der Waals surface area contributed by atoms with E-state index in [4.69, 9.17) is 9.72 Å². The van der Waals surface area contributed by atoms with Crippen molar-refractivity contribution < 1.29 is 13.9 Å². The largest absolute Gasteiger partial charge is 0.496 e. The summed E-state index contributed by atoms with van der Waals surface area (Å²) >= 11 is 2.79. The first-order valence-corrected chi connectivity index (χ1v) is 11.3. The average Bonchev–Trinajstić information content (AvgIpc) is 3.19. The van der Waals surface area contributed by atoms with E-state index in [-0.39, 0.29) is 17.2 Å². The second-order valence-corrected chi connectivity index (χ2v) is 8.77. The van der Waals surface area contributed by atoms with Gasteiger partial charge in [-0.3, -0.25) is 14.2 Å². The Labute approximate surface area is 186 Å². The van der Waals surface area contributed by atoms with Crippen molar-refractivity contribution >= 4 is 39.1 Å². The third kappa shape index (κ3) is 4.13. The molecule has 0 aliphatic heterocycles. The Morgan fingerprint density at radius 3 is 2.65 bits per heavy atom. The number of thioether (sulfide) groups is 1. The van der Waals surface area contributed by atoms with Crippen LogP contribution >= 0.6 is 23.1 Å². The van der Waals surface area contributed by atoms with Crippen LogP contribution in [0.1, 0.15) is 22.8 Å². The molecule has 2 aromatic carbocycles. The van der Waals surface area contributed by atoms with Crippen LogP contribution in [0, 0.1) is 5.82 Å². The molecule has 0 radical (unpaired) electrons. The number of ether oxygens (including phenoxy) is 1. The lowest BCUT2D eigenvalue weighted by molar-refractivity contribution is 0.101. The number of hydrogen-bond donors (Lipinski definition) is 0. The van der Waals surface area contributed by atoms with Crippen molar-refractivity contribution in [3.05, 3.63) is 75.1 Å². The van der Waals surface area contributed by atoms with Gasteiger partial charge in [-0.2, -0.15) is 0 Å². The molecule has 8 heteroatoms. The van der Waals surface area contributed by atoms with Gasteiger partial charge in [-0.15, -0.1) is 11.3 Å². The fourth-order valence-electron chi connectivity index (χ4n) is 3.28. The summed E-state index contributed by atoms with van der Waals surface area (Å²) in [4.78, 5) is 30.2. The van der Waals surface area contributed by atoms with Crippen molar-refractivity contribution in [2.45, 2.75) is 17.8 Å². The van der Waals surface area contributed by atoms with Crippen LogP contribution in [-0.2, 0) is 12.8 Å². The topological polar surface area (TPSA) is 61.2 Å². The molecule has 0 atom stereocenters. The van der Waals surface area contributed by atoms with Gasteiger partial charge in [-0.25, -0.2) is 9.37 Å². The van der Waals surface area contributed by atoms with Gasteiger partial charge in [0.15, 0.2) is 10.9 Å². The molecule has 0 bridgehead atoms. The molecule has 0 N–H and O–H groups in total. The van der Waals surface area contributed by atoms with E-state index < -0.39 is 0 Å². The normalized spacial score (nSPS) is 11.1. The molecule has 0 unspecified atom stereocenters. The molecule has 2 heterocycles. The number of methoxy groups -OCH3 is 1. The molecular formula is C23H19FN2O3S2. The molecule has 0 spiro atoms. The maximum absolute atomic E-state index is 13.3. The highest BCUT2D eigenvalue weighted by atomic mass is 32.2. The molecule has 0 saturated heterocycles. The van der Waals surface area contributed by atoms with Crippen molar-refractivity contribution in [2.75, 3.05) is 7.11 Å². The lowest BCUT2D eigenvalue weighted by Crippen LogP contribution is -2.19. The standard InChI is InChI=1S/C23H19FN2O3S2/c1-13(27)15-6-9-19(29-3)16(10-15)11-31-23-25-21-20(22(28)26(23)2)18(12-30-21)14-4-7-17(24)8-5-14/h4-10,12H,11H2,1-3H3. The summed E-state index contributed by atoms with van der Waals surface area (Å²) in [6.07, 6.45) is 0.